The maximum atomic E-state index is 2.70. The topological polar surface area (TPSA) is 3.24 Å². The van der Waals surface area contributed by atoms with Crippen LogP contribution in [0.2, 0.25) is 0 Å². The number of nitrogens with zero attached hydrogens (tertiary/aromatic N) is 1. The van der Waals surface area contributed by atoms with Crippen LogP contribution in [0.4, 0.5) is 0 Å². The molecule has 0 amide bonds. The lowest BCUT2D eigenvalue weighted by Crippen LogP contribution is -2.48. The Bertz CT molecular complexity index is 147. The molecule has 0 heterocycles. The zero-order valence-corrected chi connectivity index (χ0v) is 11.9. The Morgan fingerprint density at radius 1 is 0.867 bits per heavy atom. The van der Waals surface area contributed by atoms with Crippen LogP contribution in [0.5, 0.6) is 0 Å². The fraction of sp³-hybridized carbons (Fsp3) is 1.00. The van der Waals surface area contributed by atoms with E-state index in [1.807, 2.05) is 0 Å². The molecule has 1 heteroatoms. The summed E-state index contributed by atoms with van der Waals surface area (Å²) >= 11 is 0. The van der Waals surface area contributed by atoms with Gasteiger partial charge in [0.05, 0.1) is 0 Å². The predicted molar refractivity (Wildman–Crippen MR) is 70.2 cm³/mol. The summed E-state index contributed by atoms with van der Waals surface area (Å²) in [6.07, 6.45) is 2.51. The second-order valence-corrected chi connectivity index (χ2v) is 5.90. The largest absolute Gasteiger partial charge is 0.297 e. The molecule has 15 heavy (non-hydrogen) atoms. The summed E-state index contributed by atoms with van der Waals surface area (Å²) in [7, 11) is 0. The van der Waals surface area contributed by atoms with Gasteiger partial charge in [0.1, 0.15) is 0 Å². The lowest BCUT2D eigenvalue weighted by Gasteiger charge is -2.42. The van der Waals surface area contributed by atoms with E-state index in [1.165, 1.54) is 25.9 Å². The van der Waals surface area contributed by atoms with E-state index >= 15 is 0 Å². The Hall–Kier alpha value is -0.0400. The molecule has 0 aliphatic carbocycles. The van der Waals surface area contributed by atoms with Crippen LogP contribution in [0, 0.1) is 11.8 Å². The lowest BCUT2D eigenvalue weighted by molar-refractivity contribution is 0.0687. The summed E-state index contributed by atoms with van der Waals surface area (Å²) in [5.74, 6) is 1.53. The smallest absolute Gasteiger partial charge is 0.0176 e. The molecule has 0 aliphatic rings. The monoisotopic (exact) mass is 213 g/mol. The van der Waals surface area contributed by atoms with Crippen LogP contribution in [0.15, 0.2) is 0 Å². The van der Waals surface area contributed by atoms with Crippen molar-refractivity contribution in [1.82, 2.24) is 4.90 Å². The Balaban J connectivity index is 4.58. The number of hydrogen-bond donors (Lipinski definition) is 0. The molecule has 0 atom stereocenters. The van der Waals surface area contributed by atoms with Crippen molar-refractivity contribution in [1.29, 1.82) is 0 Å². The molecule has 0 aromatic heterocycles. The zero-order chi connectivity index (χ0) is 12.1. The molecule has 0 saturated heterocycles. The van der Waals surface area contributed by atoms with Gasteiger partial charge in [-0.3, -0.25) is 4.90 Å². The highest BCUT2D eigenvalue weighted by Gasteiger charge is 2.28. The van der Waals surface area contributed by atoms with Crippen LogP contribution in [-0.2, 0) is 0 Å². The molecule has 0 fully saturated rings. The fourth-order valence-electron chi connectivity index (χ4n) is 2.09. The summed E-state index contributed by atoms with van der Waals surface area (Å²) in [4.78, 5) is 2.70. The lowest BCUT2D eigenvalue weighted by atomic mass is 9.91. The average Bonchev–Trinajstić information content (AvgIpc) is 2.14. The second kappa shape index (κ2) is 6.52. The molecule has 0 aromatic rings. The SMILES string of the molecule is CCC(C)(CC)N(CC(C)C)CC(C)C. The van der Waals surface area contributed by atoms with Gasteiger partial charge in [0.25, 0.3) is 0 Å². The summed E-state index contributed by atoms with van der Waals surface area (Å²) in [5, 5.41) is 0. The first-order chi connectivity index (χ1) is 6.85. The molecule has 0 spiro atoms. The quantitative estimate of drug-likeness (QED) is 0.613. The van der Waals surface area contributed by atoms with Gasteiger partial charge in [0.15, 0.2) is 0 Å². The summed E-state index contributed by atoms with van der Waals surface area (Å²) in [5.41, 5.74) is 0.397. The molecular formula is C14H31N. The van der Waals surface area contributed by atoms with Gasteiger partial charge in [0, 0.05) is 18.6 Å². The van der Waals surface area contributed by atoms with E-state index in [1.54, 1.807) is 0 Å². The van der Waals surface area contributed by atoms with Crippen molar-refractivity contribution >= 4 is 0 Å². The molecule has 0 bridgehead atoms. The second-order valence-electron chi connectivity index (χ2n) is 5.90. The van der Waals surface area contributed by atoms with Gasteiger partial charge >= 0.3 is 0 Å². The van der Waals surface area contributed by atoms with Crippen molar-refractivity contribution in [3.63, 3.8) is 0 Å². The minimum atomic E-state index is 0.397. The standard InChI is InChI=1S/C14H31N/c1-8-14(7,9-2)15(10-12(3)4)11-13(5)6/h12-13H,8-11H2,1-7H3. The maximum absolute atomic E-state index is 2.70. The number of rotatable bonds is 7. The van der Waals surface area contributed by atoms with Crippen LogP contribution in [0.1, 0.15) is 61.3 Å². The van der Waals surface area contributed by atoms with E-state index in [9.17, 15) is 0 Å². The van der Waals surface area contributed by atoms with E-state index in [-0.39, 0.29) is 0 Å². The van der Waals surface area contributed by atoms with E-state index in [2.05, 4.69) is 53.4 Å². The van der Waals surface area contributed by atoms with Gasteiger partial charge in [-0.2, -0.15) is 0 Å². The van der Waals surface area contributed by atoms with Gasteiger partial charge in [-0.05, 0) is 31.6 Å². The Labute approximate surface area is 97.2 Å². The highest BCUT2D eigenvalue weighted by atomic mass is 15.2. The van der Waals surface area contributed by atoms with Gasteiger partial charge in [0.2, 0.25) is 0 Å². The van der Waals surface area contributed by atoms with E-state index in [0.717, 1.165) is 11.8 Å². The molecule has 0 aromatic carbocycles. The van der Waals surface area contributed by atoms with Gasteiger partial charge in [-0.1, -0.05) is 41.5 Å². The van der Waals surface area contributed by atoms with Crippen molar-refractivity contribution in [3.05, 3.63) is 0 Å². The molecule has 0 saturated carbocycles. The molecule has 0 N–H and O–H groups in total. The zero-order valence-electron chi connectivity index (χ0n) is 11.9. The number of hydrogen-bond acceptors (Lipinski definition) is 1. The van der Waals surface area contributed by atoms with Gasteiger partial charge in [-0.25, -0.2) is 0 Å². The van der Waals surface area contributed by atoms with Crippen LogP contribution < -0.4 is 0 Å². The highest BCUT2D eigenvalue weighted by Crippen LogP contribution is 2.25. The van der Waals surface area contributed by atoms with Crippen molar-refractivity contribution in [3.8, 4) is 0 Å². The van der Waals surface area contributed by atoms with Crippen LogP contribution in [0.3, 0.4) is 0 Å². The fourth-order valence-corrected chi connectivity index (χ4v) is 2.09. The van der Waals surface area contributed by atoms with Crippen molar-refractivity contribution < 1.29 is 0 Å². The van der Waals surface area contributed by atoms with E-state index in [0.29, 0.717) is 5.54 Å². The first-order valence-electron chi connectivity index (χ1n) is 6.60. The normalized spacial score (nSPS) is 13.2. The van der Waals surface area contributed by atoms with Crippen LogP contribution in [0.25, 0.3) is 0 Å². The van der Waals surface area contributed by atoms with Gasteiger partial charge in [-0.15, -0.1) is 0 Å². The third kappa shape index (κ3) is 5.01. The maximum Gasteiger partial charge on any atom is 0.0176 e. The average molecular weight is 213 g/mol. The van der Waals surface area contributed by atoms with Crippen LogP contribution >= 0.6 is 0 Å². The van der Waals surface area contributed by atoms with Gasteiger partial charge < -0.3 is 0 Å². The Morgan fingerprint density at radius 2 is 1.20 bits per heavy atom. The first-order valence-corrected chi connectivity index (χ1v) is 6.60. The van der Waals surface area contributed by atoms with Crippen molar-refractivity contribution in [2.45, 2.75) is 66.8 Å². The Kier molecular flexibility index (Phi) is 6.51. The molecule has 1 nitrogen and oxygen atoms in total. The summed E-state index contributed by atoms with van der Waals surface area (Å²) < 4.78 is 0. The van der Waals surface area contributed by atoms with Crippen molar-refractivity contribution in [2.75, 3.05) is 13.1 Å². The predicted octanol–water partition coefficient (Wildman–Crippen LogP) is 4.18. The highest BCUT2D eigenvalue weighted by molar-refractivity contribution is 4.84. The third-order valence-corrected chi connectivity index (χ3v) is 3.46. The first kappa shape index (κ1) is 15.0. The molecule has 0 aliphatic heterocycles. The third-order valence-electron chi connectivity index (χ3n) is 3.46. The molecule has 92 valence electrons. The van der Waals surface area contributed by atoms with Crippen LogP contribution in [-0.4, -0.2) is 23.5 Å². The summed E-state index contributed by atoms with van der Waals surface area (Å²) in [6, 6.07) is 0. The minimum absolute atomic E-state index is 0.397. The molecule has 0 unspecified atom stereocenters. The molecular weight excluding hydrogens is 182 g/mol. The van der Waals surface area contributed by atoms with E-state index < -0.39 is 0 Å². The summed E-state index contributed by atoms with van der Waals surface area (Å²) in [6.45, 7) is 18.8. The van der Waals surface area contributed by atoms with Crippen molar-refractivity contribution in [2.24, 2.45) is 11.8 Å². The molecule has 0 radical (unpaired) electrons. The van der Waals surface area contributed by atoms with E-state index in [4.69, 9.17) is 0 Å². The molecule has 0 rings (SSSR count). The minimum Gasteiger partial charge on any atom is -0.297 e. The Morgan fingerprint density at radius 3 is 1.40 bits per heavy atom.